The smallest absolute Gasteiger partial charge is 0.254 e. The Bertz CT molecular complexity index is 681. The van der Waals surface area contributed by atoms with Crippen molar-refractivity contribution in [2.75, 3.05) is 6.54 Å². The second-order valence-corrected chi connectivity index (χ2v) is 5.59. The lowest BCUT2D eigenvalue weighted by atomic mass is 10.1. The van der Waals surface area contributed by atoms with Gasteiger partial charge in [-0.3, -0.25) is 4.79 Å². The quantitative estimate of drug-likeness (QED) is 0.799. The SMILES string of the molecule is Cc1nc2ccc(C(=O)N3CCCC3C)cc2nc1C. The van der Waals surface area contributed by atoms with E-state index in [1.165, 1.54) is 0 Å². The summed E-state index contributed by atoms with van der Waals surface area (Å²) in [5, 5.41) is 0. The Morgan fingerprint density at radius 1 is 1.20 bits per heavy atom. The second kappa shape index (κ2) is 4.85. The number of hydrogen-bond donors (Lipinski definition) is 0. The zero-order chi connectivity index (χ0) is 14.3. The maximum atomic E-state index is 12.5. The first-order chi connectivity index (χ1) is 9.56. The summed E-state index contributed by atoms with van der Waals surface area (Å²) in [4.78, 5) is 23.5. The molecule has 0 N–H and O–H groups in total. The Hall–Kier alpha value is -1.97. The van der Waals surface area contributed by atoms with Crippen molar-refractivity contribution in [2.24, 2.45) is 0 Å². The van der Waals surface area contributed by atoms with Crippen molar-refractivity contribution in [1.82, 2.24) is 14.9 Å². The Morgan fingerprint density at radius 3 is 2.55 bits per heavy atom. The van der Waals surface area contributed by atoms with Crippen molar-refractivity contribution >= 4 is 16.9 Å². The molecule has 4 nitrogen and oxygen atoms in total. The Labute approximate surface area is 118 Å². The predicted octanol–water partition coefficient (Wildman–Crippen LogP) is 2.87. The standard InChI is InChI=1S/C16H19N3O/c1-10-5-4-8-19(10)16(20)13-6-7-14-15(9-13)18-12(3)11(2)17-14/h6-7,9-10H,4-5,8H2,1-3H3. The Kier molecular flexibility index (Phi) is 3.16. The van der Waals surface area contributed by atoms with Crippen LogP contribution in [0.1, 0.15) is 41.5 Å². The van der Waals surface area contributed by atoms with Gasteiger partial charge in [0.1, 0.15) is 0 Å². The molecule has 1 atom stereocenters. The molecule has 0 saturated carbocycles. The molecule has 20 heavy (non-hydrogen) atoms. The first kappa shape index (κ1) is 13.0. The van der Waals surface area contributed by atoms with E-state index in [9.17, 15) is 4.79 Å². The molecule has 0 bridgehead atoms. The number of amides is 1. The van der Waals surface area contributed by atoms with Crippen molar-refractivity contribution in [1.29, 1.82) is 0 Å². The van der Waals surface area contributed by atoms with Gasteiger partial charge >= 0.3 is 0 Å². The van der Waals surface area contributed by atoms with Crippen molar-refractivity contribution < 1.29 is 4.79 Å². The summed E-state index contributed by atoms with van der Waals surface area (Å²) in [5.74, 6) is 0.108. The fraction of sp³-hybridized carbons (Fsp3) is 0.438. The van der Waals surface area contributed by atoms with Gasteiger partial charge < -0.3 is 4.90 Å². The van der Waals surface area contributed by atoms with Gasteiger partial charge in [0, 0.05) is 18.2 Å². The van der Waals surface area contributed by atoms with E-state index in [4.69, 9.17) is 0 Å². The molecule has 1 aliphatic heterocycles. The van der Waals surface area contributed by atoms with Crippen LogP contribution in [0.25, 0.3) is 11.0 Å². The summed E-state index contributed by atoms with van der Waals surface area (Å²) in [6, 6.07) is 5.95. The van der Waals surface area contributed by atoms with Crippen LogP contribution in [0.5, 0.6) is 0 Å². The molecule has 0 spiro atoms. The molecular weight excluding hydrogens is 250 g/mol. The van der Waals surface area contributed by atoms with Crippen molar-refractivity contribution in [3.8, 4) is 0 Å². The zero-order valence-corrected chi connectivity index (χ0v) is 12.2. The van der Waals surface area contributed by atoms with Gasteiger partial charge in [-0.1, -0.05) is 0 Å². The largest absolute Gasteiger partial charge is 0.336 e. The van der Waals surface area contributed by atoms with Gasteiger partial charge in [0.15, 0.2) is 0 Å². The van der Waals surface area contributed by atoms with Crippen LogP contribution in [0.2, 0.25) is 0 Å². The molecule has 2 heterocycles. The van der Waals surface area contributed by atoms with E-state index in [0.717, 1.165) is 41.8 Å². The number of aromatic nitrogens is 2. The molecule has 3 rings (SSSR count). The molecule has 4 heteroatoms. The molecule has 0 aliphatic carbocycles. The molecule has 104 valence electrons. The molecule has 1 aliphatic rings. The predicted molar refractivity (Wildman–Crippen MR) is 78.7 cm³/mol. The minimum atomic E-state index is 0.108. The average molecular weight is 269 g/mol. The lowest BCUT2D eigenvalue weighted by molar-refractivity contribution is 0.0747. The number of aryl methyl sites for hydroxylation is 2. The number of nitrogens with zero attached hydrogens (tertiary/aromatic N) is 3. The molecule has 1 fully saturated rings. The molecule has 1 aromatic heterocycles. The lowest BCUT2D eigenvalue weighted by Crippen LogP contribution is -2.33. The number of likely N-dealkylation sites (tertiary alicyclic amines) is 1. The third kappa shape index (κ3) is 2.15. The molecule has 1 unspecified atom stereocenters. The van der Waals surface area contributed by atoms with Crippen molar-refractivity contribution in [2.45, 2.75) is 39.7 Å². The van der Waals surface area contributed by atoms with Gasteiger partial charge in [0.2, 0.25) is 0 Å². The first-order valence-corrected chi connectivity index (χ1v) is 7.12. The monoisotopic (exact) mass is 269 g/mol. The Morgan fingerprint density at radius 2 is 1.90 bits per heavy atom. The second-order valence-electron chi connectivity index (χ2n) is 5.59. The van der Waals surface area contributed by atoms with Gasteiger partial charge in [-0.15, -0.1) is 0 Å². The molecule has 1 amide bonds. The van der Waals surface area contributed by atoms with Gasteiger partial charge in [-0.2, -0.15) is 0 Å². The highest BCUT2D eigenvalue weighted by molar-refractivity contribution is 5.97. The van der Waals surface area contributed by atoms with Gasteiger partial charge in [-0.05, 0) is 51.8 Å². The van der Waals surface area contributed by atoms with E-state index < -0.39 is 0 Å². The fourth-order valence-corrected chi connectivity index (χ4v) is 2.76. The van der Waals surface area contributed by atoms with Crippen LogP contribution in [0, 0.1) is 13.8 Å². The number of hydrogen-bond acceptors (Lipinski definition) is 3. The van der Waals surface area contributed by atoms with Crippen LogP contribution in [0.4, 0.5) is 0 Å². The fourth-order valence-electron chi connectivity index (χ4n) is 2.76. The highest BCUT2D eigenvalue weighted by Gasteiger charge is 2.26. The third-order valence-corrected chi connectivity index (χ3v) is 4.14. The van der Waals surface area contributed by atoms with Crippen LogP contribution in [-0.2, 0) is 0 Å². The normalized spacial score (nSPS) is 18.8. The molecule has 1 aromatic carbocycles. The summed E-state index contributed by atoms with van der Waals surface area (Å²) in [6.45, 7) is 6.86. The molecule has 1 saturated heterocycles. The number of carbonyl (C=O) groups is 1. The van der Waals surface area contributed by atoms with Crippen LogP contribution >= 0.6 is 0 Å². The van der Waals surface area contributed by atoms with Crippen molar-refractivity contribution in [3.05, 3.63) is 35.2 Å². The van der Waals surface area contributed by atoms with Crippen molar-refractivity contribution in [3.63, 3.8) is 0 Å². The van der Waals surface area contributed by atoms with Gasteiger partial charge in [0.25, 0.3) is 5.91 Å². The van der Waals surface area contributed by atoms with E-state index in [1.807, 2.05) is 36.9 Å². The van der Waals surface area contributed by atoms with Crippen LogP contribution in [-0.4, -0.2) is 33.4 Å². The highest BCUT2D eigenvalue weighted by Crippen LogP contribution is 2.21. The molecule has 2 aromatic rings. The van der Waals surface area contributed by atoms with E-state index >= 15 is 0 Å². The topological polar surface area (TPSA) is 46.1 Å². The first-order valence-electron chi connectivity index (χ1n) is 7.12. The minimum absolute atomic E-state index is 0.108. The maximum Gasteiger partial charge on any atom is 0.254 e. The van der Waals surface area contributed by atoms with E-state index in [-0.39, 0.29) is 5.91 Å². The number of benzene rings is 1. The number of fused-ring (bicyclic) bond motifs is 1. The van der Waals surface area contributed by atoms with Crippen LogP contribution < -0.4 is 0 Å². The minimum Gasteiger partial charge on any atom is -0.336 e. The molecular formula is C16H19N3O. The summed E-state index contributed by atoms with van der Waals surface area (Å²) in [5.41, 5.74) is 4.20. The molecule has 0 radical (unpaired) electrons. The van der Waals surface area contributed by atoms with E-state index in [2.05, 4.69) is 16.9 Å². The number of carbonyl (C=O) groups excluding carboxylic acids is 1. The maximum absolute atomic E-state index is 12.5. The van der Waals surface area contributed by atoms with E-state index in [0.29, 0.717) is 11.6 Å². The summed E-state index contributed by atoms with van der Waals surface area (Å²) < 4.78 is 0. The Balaban J connectivity index is 2.00. The average Bonchev–Trinajstić information content (AvgIpc) is 2.85. The number of rotatable bonds is 1. The lowest BCUT2D eigenvalue weighted by Gasteiger charge is -2.21. The summed E-state index contributed by atoms with van der Waals surface area (Å²) in [7, 11) is 0. The third-order valence-electron chi connectivity index (χ3n) is 4.14. The van der Waals surface area contributed by atoms with Crippen LogP contribution in [0.3, 0.4) is 0 Å². The highest BCUT2D eigenvalue weighted by atomic mass is 16.2. The van der Waals surface area contributed by atoms with E-state index in [1.54, 1.807) is 0 Å². The zero-order valence-electron chi connectivity index (χ0n) is 12.2. The van der Waals surface area contributed by atoms with Gasteiger partial charge in [-0.25, -0.2) is 9.97 Å². The summed E-state index contributed by atoms with van der Waals surface area (Å²) >= 11 is 0. The summed E-state index contributed by atoms with van der Waals surface area (Å²) in [6.07, 6.45) is 2.19. The van der Waals surface area contributed by atoms with Crippen LogP contribution in [0.15, 0.2) is 18.2 Å². The van der Waals surface area contributed by atoms with Gasteiger partial charge in [0.05, 0.1) is 22.4 Å².